The van der Waals surface area contributed by atoms with Crippen LogP contribution in [0.4, 0.5) is 0 Å². The van der Waals surface area contributed by atoms with Crippen molar-refractivity contribution in [2.24, 2.45) is 5.41 Å². The van der Waals surface area contributed by atoms with Gasteiger partial charge in [0.15, 0.2) is 9.84 Å². The second kappa shape index (κ2) is 3.49. The lowest BCUT2D eigenvalue weighted by Gasteiger charge is -2.38. The molecule has 84 valence electrons. The Bertz CT molecular complexity index is 294. The van der Waals surface area contributed by atoms with Gasteiger partial charge in [-0.2, -0.15) is 0 Å². The standard InChI is InChI=1S/C10H20O3S/c1-9(2,3)14(11,12)6-5-10(4)7-13-8-10/h5-8H2,1-4H3. The SMILES string of the molecule is CC1(CCS(=O)(=O)C(C)(C)C)COC1. The van der Waals surface area contributed by atoms with E-state index in [0.29, 0.717) is 19.6 Å². The third-order valence-electron chi connectivity index (χ3n) is 2.81. The van der Waals surface area contributed by atoms with Crippen molar-refractivity contribution < 1.29 is 13.2 Å². The van der Waals surface area contributed by atoms with Crippen molar-refractivity contribution in [3.63, 3.8) is 0 Å². The molecule has 1 aliphatic rings. The van der Waals surface area contributed by atoms with Gasteiger partial charge in [-0.3, -0.25) is 0 Å². The Morgan fingerprint density at radius 2 is 1.79 bits per heavy atom. The molecule has 0 aromatic rings. The number of sulfone groups is 1. The summed E-state index contributed by atoms with van der Waals surface area (Å²) in [6, 6.07) is 0. The molecule has 0 aromatic heterocycles. The molecule has 0 saturated carbocycles. The summed E-state index contributed by atoms with van der Waals surface area (Å²) >= 11 is 0. The molecule has 0 aliphatic carbocycles. The molecular weight excluding hydrogens is 200 g/mol. The molecule has 0 unspecified atom stereocenters. The van der Waals surface area contributed by atoms with Crippen LogP contribution in [-0.2, 0) is 14.6 Å². The zero-order valence-electron chi connectivity index (χ0n) is 9.46. The monoisotopic (exact) mass is 220 g/mol. The van der Waals surface area contributed by atoms with E-state index >= 15 is 0 Å². The van der Waals surface area contributed by atoms with Crippen molar-refractivity contribution in [1.82, 2.24) is 0 Å². The van der Waals surface area contributed by atoms with Gasteiger partial charge in [-0.05, 0) is 27.2 Å². The van der Waals surface area contributed by atoms with Crippen LogP contribution in [0.5, 0.6) is 0 Å². The average Bonchev–Trinajstić information content (AvgIpc) is 1.95. The summed E-state index contributed by atoms with van der Waals surface area (Å²) in [6.07, 6.45) is 0.715. The number of hydrogen-bond acceptors (Lipinski definition) is 3. The minimum Gasteiger partial charge on any atom is -0.380 e. The second-order valence-electron chi connectivity index (χ2n) is 5.48. The lowest BCUT2D eigenvalue weighted by molar-refractivity contribution is -0.102. The van der Waals surface area contributed by atoms with Crippen molar-refractivity contribution in [2.75, 3.05) is 19.0 Å². The van der Waals surface area contributed by atoms with Crippen LogP contribution in [0.15, 0.2) is 0 Å². The first-order valence-corrected chi connectivity index (χ1v) is 6.62. The Morgan fingerprint density at radius 1 is 1.29 bits per heavy atom. The van der Waals surface area contributed by atoms with Gasteiger partial charge in [-0.1, -0.05) is 6.92 Å². The first kappa shape index (κ1) is 12.0. The van der Waals surface area contributed by atoms with Crippen LogP contribution in [0.3, 0.4) is 0 Å². The Hall–Kier alpha value is -0.0900. The van der Waals surface area contributed by atoms with E-state index in [1.54, 1.807) is 20.8 Å². The van der Waals surface area contributed by atoms with Crippen molar-refractivity contribution in [3.8, 4) is 0 Å². The summed E-state index contributed by atoms with van der Waals surface area (Å²) < 4.78 is 28.1. The summed E-state index contributed by atoms with van der Waals surface area (Å²) in [7, 11) is -2.96. The van der Waals surface area contributed by atoms with Gasteiger partial charge in [-0.25, -0.2) is 8.42 Å². The Labute approximate surface area is 86.8 Å². The van der Waals surface area contributed by atoms with Crippen LogP contribution >= 0.6 is 0 Å². The zero-order chi connectivity index (χ0) is 11.0. The Kier molecular flexibility index (Phi) is 2.99. The van der Waals surface area contributed by atoms with Gasteiger partial charge in [-0.15, -0.1) is 0 Å². The normalized spacial score (nSPS) is 21.7. The van der Waals surface area contributed by atoms with Crippen LogP contribution < -0.4 is 0 Å². The van der Waals surface area contributed by atoms with E-state index < -0.39 is 14.6 Å². The van der Waals surface area contributed by atoms with Gasteiger partial charge < -0.3 is 4.74 Å². The van der Waals surface area contributed by atoms with Gasteiger partial charge >= 0.3 is 0 Å². The molecular formula is C10H20O3S. The topological polar surface area (TPSA) is 43.4 Å². The molecule has 1 heterocycles. The maximum atomic E-state index is 11.8. The minimum atomic E-state index is -2.96. The number of hydrogen-bond donors (Lipinski definition) is 0. The Morgan fingerprint density at radius 3 is 2.07 bits per heavy atom. The second-order valence-corrected chi connectivity index (χ2v) is 8.35. The molecule has 0 atom stereocenters. The quantitative estimate of drug-likeness (QED) is 0.726. The van der Waals surface area contributed by atoms with Gasteiger partial charge in [0.2, 0.25) is 0 Å². The molecule has 0 N–H and O–H groups in total. The van der Waals surface area contributed by atoms with Crippen LogP contribution in [0, 0.1) is 5.41 Å². The van der Waals surface area contributed by atoms with E-state index in [9.17, 15) is 8.42 Å². The van der Waals surface area contributed by atoms with Gasteiger partial charge in [0.25, 0.3) is 0 Å². The highest BCUT2D eigenvalue weighted by Gasteiger charge is 2.37. The van der Waals surface area contributed by atoms with Crippen molar-refractivity contribution in [3.05, 3.63) is 0 Å². The molecule has 1 saturated heterocycles. The van der Waals surface area contributed by atoms with Crippen molar-refractivity contribution in [2.45, 2.75) is 38.9 Å². The average molecular weight is 220 g/mol. The minimum absolute atomic E-state index is 0.0956. The van der Waals surface area contributed by atoms with Gasteiger partial charge in [0.05, 0.1) is 23.7 Å². The molecule has 1 fully saturated rings. The van der Waals surface area contributed by atoms with E-state index in [4.69, 9.17) is 4.74 Å². The predicted molar refractivity (Wildman–Crippen MR) is 57.1 cm³/mol. The van der Waals surface area contributed by atoms with Crippen LogP contribution in [0.2, 0.25) is 0 Å². The van der Waals surface area contributed by atoms with Crippen LogP contribution in [0.25, 0.3) is 0 Å². The molecule has 4 heteroatoms. The molecule has 0 bridgehead atoms. The molecule has 0 radical (unpaired) electrons. The smallest absolute Gasteiger partial charge is 0.155 e. The van der Waals surface area contributed by atoms with E-state index in [1.165, 1.54) is 0 Å². The van der Waals surface area contributed by atoms with Gasteiger partial charge in [0, 0.05) is 5.41 Å². The summed E-state index contributed by atoms with van der Waals surface area (Å²) in [6.45, 7) is 8.74. The maximum Gasteiger partial charge on any atom is 0.155 e. The lowest BCUT2D eigenvalue weighted by Crippen LogP contribution is -2.42. The molecule has 3 nitrogen and oxygen atoms in total. The van der Waals surface area contributed by atoms with E-state index in [1.807, 2.05) is 0 Å². The predicted octanol–water partition coefficient (Wildman–Crippen LogP) is 1.63. The van der Waals surface area contributed by atoms with Crippen molar-refractivity contribution >= 4 is 9.84 Å². The fourth-order valence-electron chi connectivity index (χ4n) is 1.28. The summed E-state index contributed by atoms with van der Waals surface area (Å²) in [5.41, 5.74) is 0.0956. The lowest BCUT2D eigenvalue weighted by atomic mass is 9.86. The highest BCUT2D eigenvalue weighted by atomic mass is 32.2. The van der Waals surface area contributed by atoms with Crippen molar-refractivity contribution in [1.29, 1.82) is 0 Å². The molecule has 0 amide bonds. The fraction of sp³-hybridized carbons (Fsp3) is 1.00. The number of ether oxygens (including phenoxy) is 1. The molecule has 0 spiro atoms. The largest absolute Gasteiger partial charge is 0.380 e. The first-order valence-electron chi connectivity index (χ1n) is 4.96. The first-order chi connectivity index (χ1) is 6.16. The van der Waals surface area contributed by atoms with E-state index in [2.05, 4.69) is 6.92 Å². The number of rotatable bonds is 3. The molecule has 14 heavy (non-hydrogen) atoms. The summed E-state index contributed by atoms with van der Waals surface area (Å²) in [4.78, 5) is 0. The highest BCUT2D eigenvalue weighted by Crippen LogP contribution is 2.32. The van der Waals surface area contributed by atoms with Crippen LogP contribution in [0.1, 0.15) is 34.1 Å². The Balaban J connectivity index is 2.53. The van der Waals surface area contributed by atoms with Gasteiger partial charge in [0.1, 0.15) is 0 Å². The van der Waals surface area contributed by atoms with E-state index in [0.717, 1.165) is 0 Å². The maximum absolute atomic E-state index is 11.8. The van der Waals surface area contributed by atoms with E-state index in [-0.39, 0.29) is 11.2 Å². The third-order valence-corrected chi connectivity index (χ3v) is 5.42. The molecule has 1 rings (SSSR count). The van der Waals surface area contributed by atoms with Crippen LogP contribution in [-0.4, -0.2) is 32.1 Å². The highest BCUT2D eigenvalue weighted by molar-refractivity contribution is 7.92. The fourth-order valence-corrected chi connectivity index (χ4v) is 2.66. The summed E-state index contributed by atoms with van der Waals surface area (Å²) in [5.74, 6) is 0.274. The third kappa shape index (κ3) is 2.48. The zero-order valence-corrected chi connectivity index (χ0v) is 10.3. The molecule has 1 aliphatic heterocycles. The summed E-state index contributed by atoms with van der Waals surface area (Å²) in [5, 5.41) is 0. The molecule has 0 aromatic carbocycles.